The molecule has 0 saturated heterocycles. The fraction of sp³-hybridized carbons (Fsp3) is 0.278. The molecule has 23 heavy (non-hydrogen) atoms. The summed E-state index contributed by atoms with van der Waals surface area (Å²) in [5, 5.41) is 6.47. The quantitative estimate of drug-likeness (QED) is 0.781. The molecule has 1 atom stereocenters. The van der Waals surface area contributed by atoms with E-state index in [-0.39, 0.29) is 12.1 Å². The Morgan fingerprint density at radius 1 is 1.09 bits per heavy atom. The van der Waals surface area contributed by atoms with E-state index in [1.807, 2.05) is 62.4 Å². The molecule has 2 aromatic carbocycles. The topological polar surface area (TPSA) is 50.4 Å². The zero-order valence-corrected chi connectivity index (χ0v) is 14.1. The predicted molar refractivity (Wildman–Crippen MR) is 94.2 cm³/mol. The van der Waals surface area contributed by atoms with Gasteiger partial charge in [-0.2, -0.15) is 0 Å². The summed E-state index contributed by atoms with van der Waals surface area (Å²) in [5.74, 6) is 0.783. The van der Waals surface area contributed by atoms with Crippen molar-refractivity contribution in [3.63, 3.8) is 0 Å². The van der Waals surface area contributed by atoms with Gasteiger partial charge in [-0.3, -0.25) is 0 Å². The Bertz CT molecular complexity index is 626. The van der Waals surface area contributed by atoms with Crippen LogP contribution >= 0.6 is 11.6 Å². The van der Waals surface area contributed by atoms with Gasteiger partial charge in [0.15, 0.2) is 0 Å². The second-order valence-electron chi connectivity index (χ2n) is 5.07. The standard InChI is InChI=1S/C18H21ClN2O2/c1-3-17(13-5-7-14(19)8-6-13)21-18(22)20-15-9-11-16(12-10-15)23-4-2/h5-12,17H,3-4H2,1-2H3,(H2,20,21,22)/t17-/m1/s1. The third kappa shape index (κ3) is 5.18. The fourth-order valence-corrected chi connectivity index (χ4v) is 2.37. The van der Waals surface area contributed by atoms with Gasteiger partial charge in [0, 0.05) is 10.7 Å². The number of carbonyl (C=O) groups is 1. The number of nitrogens with one attached hydrogen (secondary N) is 2. The molecule has 122 valence electrons. The van der Waals surface area contributed by atoms with Crippen LogP contribution in [0.4, 0.5) is 10.5 Å². The molecule has 4 nitrogen and oxygen atoms in total. The lowest BCUT2D eigenvalue weighted by molar-refractivity contribution is 0.248. The smallest absolute Gasteiger partial charge is 0.319 e. The highest BCUT2D eigenvalue weighted by molar-refractivity contribution is 6.30. The van der Waals surface area contributed by atoms with Crippen LogP contribution in [0.5, 0.6) is 5.75 Å². The van der Waals surface area contributed by atoms with Crippen LogP contribution in [0.25, 0.3) is 0 Å². The molecule has 0 spiro atoms. The van der Waals surface area contributed by atoms with E-state index in [0.29, 0.717) is 11.6 Å². The van der Waals surface area contributed by atoms with Gasteiger partial charge < -0.3 is 15.4 Å². The number of rotatable bonds is 6. The molecule has 2 aromatic rings. The van der Waals surface area contributed by atoms with Gasteiger partial charge in [0.2, 0.25) is 0 Å². The molecule has 0 bridgehead atoms. The van der Waals surface area contributed by atoms with Gasteiger partial charge >= 0.3 is 6.03 Å². The Kier molecular flexibility index (Phi) is 6.29. The number of urea groups is 1. The highest BCUT2D eigenvalue weighted by atomic mass is 35.5. The van der Waals surface area contributed by atoms with Crippen LogP contribution in [0, 0.1) is 0 Å². The minimum absolute atomic E-state index is 0.0602. The second kappa shape index (κ2) is 8.44. The maximum atomic E-state index is 12.2. The number of hydrogen-bond acceptors (Lipinski definition) is 2. The van der Waals surface area contributed by atoms with Crippen LogP contribution in [-0.4, -0.2) is 12.6 Å². The lowest BCUT2D eigenvalue weighted by atomic mass is 10.1. The molecule has 0 aliphatic carbocycles. The number of benzene rings is 2. The van der Waals surface area contributed by atoms with Gasteiger partial charge in [0.25, 0.3) is 0 Å². The minimum Gasteiger partial charge on any atom is -0.494 e. The van der Waals surface area contributed by atoms with Crippen molar-refractivity contribution in [2.24, 2.45) is 0 Å². The van der Waals surface area contributed by atoms with Crippen LogP contribution in [-0.2, 0) is 0 Å². The molecule has 5 heteroatoms. The van der Waals surface area contributed by atoms with Crippen molar-refractivity contribution in [2.75, 3.05) is 11.9 Å². The molecule has 0 aliphatic rings. The van der Waals surface area contributed by atoms with Gasteiger partial charge in [-0.25, -0.2) is 4.79 Å². The fourth-order valence-electron chi connectivity index (χ4n) is 2.24. The molecule has 0 saturated carbocycles. The Morgan fingerprint density at radius 2 is 1.74 bits per heavy atom. The molecule has 0 heterocycles. The number of hydrogen-bond donors (Lipinski definition) is 2. The monoisotopic (exact) mass is 332 g/mol. The van der Waals surface area contributed by atoms with Crippen LogP contribution < -0.4 is 15.4 Å². The van der Waals surface area contributed by atoms with Crippen molar-refractivity contribution in [2.45, 2.75) is 26.3 Å². The average Bonchev–Trinajstić information content (AvgIpc) is 2.56. The molecular weight excluding hydrogens is 312 g/mol. The van der Waals surface area contributed by atoms with Crippen LogP contribution in [0.2, 0.25) is 5.02 Å². The van der Waals surface area contributed by atoms with Crippen LogP contribution in [0.15, 0.2) is 48.5 Å². The summed E-state index contributed by atoms with van der Waals surface area (Å²) < 4.78 is 5.38. The lowest BCUT2D eigenvalue weighted by Gasteiger charge is -2.18. The second-order valence-corrected chi connectivity index (χ2v) is 5.50. The van der Waals surface area contributed by atoms with Crippen molar-refractivity contribution in [3.8, 4) is 5.75 Å². The molecule has 0 aliphatic heterocycles. The molecule has 2 rings (SSSR count). The van der Waals surface area contributed by atoms with E-state index >= 15 is 0 Å². The number of ether oxygens (including phenoxy) is 1. The number of halogens is 1. The Labute approximate surface area is 141 Å². The summed E-state index contributed by atoms with van der Waals surface area (Å²) in [6, 6.07) is 14.5. The molecule has 2 amide bonds. The molecule has 0 aromatic heterocycles. The minimum atomic E-state index is -0.240. The molecular formula is C18H21ClN2O2. The largest absolute Gasteiger partial charge is 0.494 e. The van der Waals surface area contributed by atoms with Crippen LogP contribution in [0.1, 0.15) is 31.9 Å². The van der Waals surface area contributed by atoms with E-state index in [0.717, 1.165) is 23.4 Å². The third-order valence-corrected chi connectivity index (χ3v) is 3.66. The lowest BCUT2D eigenvalue weighted by Crippen LogP contribution is -2.32. The van der Waals surface area contributed by atoms with Crippen molar-refractivity contribution in [1.82, 2.24) is 5.32 Å². The van der Waals surface area contributed by atoms with E-state index in [1.54, 1.807) is 0 Å². The zero-order chi connectivity index (χ0) is 16.7. The SMILES string of the molecule is CCOc1ccc(NC(=O)N[C@H](CC)c2ccc(Cl)cc2)cc1. The summed E-state index contributed by atoms with van der Waals surface area (Å²) >= 11 is 5.90. The molecule has 0 fully saturated rings. The van der Waals surface area contributed by atoms with Gasteiger partial charge in [0.05, 0.1) is 12.6 Å². The van der Waals surface area contributed by atoms with E-state index < -0.39 is 0 Å². The maximum absolute atomic E-state index is 12.2. The number of anilines is 1. The van der Waals surface area contributed by atoms with Crippen molar-refractivity contribution in [3.05, 3.63) is 59.1 Å². The third-order valence-electron chi connectivity index (χ3n) is 3.41. The summed E-state index contributed by atoms with van der Waals surface area (Å²) in [5.41, 5.74) is 1.75. The summed E-state index contributed by atoms with van der Waals surface area (Å²) in [4.78, 5) is 12.2. The number of carbonyl (C=O) groups excluding carboxylic acids is 1. The normalized spacial score (nSPS) is 11.6. The summed E-state index contributed by atoms with van der Waals surface area (Å²) in [6.45, 7) is 4.57. The van der Waals surface area contributed by atoms with Crippen molar-refractivity contribution in [1.29, 1.82) is 0 Å². The maximum Gasteiger partial charge on any atom is 0.319 e. The highest BCUT2D eigenvalue weighted by Crippen LogP contribution is 2.20. The van der Waals surface area contributed by atoms with Crippen LogP contribution in [0.3, 0.4) is 0 Å². The Morgan fingerprint density at radius 3 is 2.30 bits per heavy atom. The van der Waals surface area contributed by atoms with E-state index in [2.05, 4.69) is 10.6 Å². The number of amides is 2. The Hall–Kier alpha value is -2.20. The summed E-state index contributed by atoms with van der Waals surface area (Å²) in [6.07, 6.45) is 0.790. The van der Waals surface area contributed by atoms with Crippen molar-refractivity contribution < 1.29 is 9.53 Å². The predicted octanol–water partition coefficient (Wildman–Crippen LogP) is 5.01. The van der Waals surface area contributed by atoms with E-state index in [1.165, 1.54) is 0 Å². The Balaban J connectivity index is 1.95. The van der Waals surface area contributed by atoms with E-state index in [4.69, 9.17) is 16.3 Å². The summed E-state index contributed by atoms with van der Waals surface area (Å²) in [7, 11) is 0. The highest BCUT2D eigenvalue weighted by Gasteiger charge is 2.12. The van der Waals surface area contributed by atoms with Gasteiger partial charge in [-0.05, 0) is 55.3 Å². The first-order valence-corrected chi connectivity index (χ1v) is 8.06. The van der Waals surface area contributed by atoms with Crippen molar-refractivity contribution >= 4 is 23.3 Å². The van der Waals surface area contributed by atoms with Gasteiger partial charge in [0.1, 0.15) is 5.75 Å². The van der Waals surface area contributed by atoms with Gasteiger partial charge in [-0.15, -0.1) is 0 Å². The first kappa shape index (κ1) is 17.2. The molecule has 0 unspecified atom stereocenters. The molecule has 0 radical (unpaired) electrons. The first-order chi connectivity index (χ1) is 11.1. The first-order valence-electron chi connectivity index (χ1n) is 7.68. The zero-order valence-electron chi connectivity index (χ0n) is 13.3. The van der Waals surface area contributed by atoms with Gasteiger partial charge in [-0.1, -0.05) is 30.7 Å². The van der Waals surface area contributed by atoms with E-state index in [9.17, 15) is 4.79 Å². The molecule has 2 N–H and O–H groups in total. The average molecular weight is 333 g/mol.